The normalized spacial score (nSPS) is 17.5. The predicted molar refractivity (Wildman–Crippen MR) is 58.8 cm³/mol. The molecule has 1 aromatic rings. The first-order valence-electron chi connectivity index (χ1n) is 5.25. The number of amides is 1. The quantitative estimate of drug-likeness (QED) is 0.791. The molecule has 0 aliphatic carbocycles. The topological polar surface area (TPSA) is 40.5 Å². The molecule has 15 heavy (non-hydrogen) atoms. The summed E-state index contributed by atoms with van der Waals surface area (Å²) in [6.07, 6.45) is 0.870. The maximum Gasteiger partial charge on any atom is 0.227 e. The number of hydrogen-bond acceptors (Lipinski definition) is 2. The van der Waals surface area contributed by atoms with Crippen LogP contribution in [0.25, 0.3) is 0 Å². The maximum atomic E-state index is 11.7. The number of β-amino-alcohol motifs (C(OH)–C–C–N with tert-alkyl or cyclic N) is 1. The van der Waals surface area contributed by atoms with Crippen molar-refractivity contribution >= 4 is 11.6 Å². The van der Waals surface area contributed by atoms with Crippen LogP contribution in [-0.4, -0.2) is 23.7 Å². The molecule has 0 saturated heterocycles. The number of carbonyl (C=O) groups excluding carboxylic acids is 1. The fourth-order valence-corrected chi connectivity index (χ4v) is 1.96. The van der Waals surface area contributed by atoms with Gasteiger partial charge in [0.25, 0.3) is 0 Å². The summed E-state index contributed by atoms with van der Waals surface area (Å²) >= 11 is 0. The smallest absolute Gasteiger partial charge is 0.227 e. The van der Waals surface area contributed by atoms with Gasteiger partial charge in [-0.05, 0) is 25.0 Å². The van der Waals surface area contributed by atoms with Gasteiger partial charge in [-0.2, -0.15) is 0 Å². The van der Waals surface area contributed by atoms with Gasteiger partial charge in [-0.3, -0.25) is 4.79 Å². The molecule has 3 heteroatoms. The molecule has 0 bridgehead atoms. The highest BCUT2D eigenvalue weighted by Gasteiger charge is 2.24. The molecule has 1 aliphatic rings. The molecular weight excluding hydrogens is 190 g/mol. The van der Waals surface area contributed by atoms with E-state index in [0.29, 0.717) is 13.0 Å². The van der Waals surface area contributed by atoms with E-state index in [9.17, 15) is 9.90 Å². The Labute approximate surface area is 89.3 Å². The molecule has 0 radical (unpaired) electrons. The van der Waals surface area contributed by atoms with E-state index in [1.807, 2.05) is 24.3 Å². The Balaban J connectivity index is 2.33. The molecule has 0 fully saturated rings. The Kier molecular flexibility index (Phi) is 2.73. The summed E-state index contributed by atoms with van der Waals surface area (Å²) in [7, 11) is 0. The van der Waals surface area contributed by atoms with Crippen LogP contribution in [0, 0.1) is 0 Å². The molecule has 1 aliphatic heterocycles. The predicted octanol–water partition coefficient (Wildman–Crippen LogP) is 1.35. The number of aliphatic hydroxyl groups is 1. The second-order valence-electron chi connectivity index (χ2n) is 3.98. The van der Waals surface area contributed by atoms with E-state index in [-0.39, 0.29) is 5.91 Å². The van der Waals surface area contributed by atoms with Crippen LogP contribution in [-0.2, 0) is 11.2 Å². The fraction of sp³-hybridized carbons (Fsp3) is 0.417. The third-order valence-electron chi connectivity index (χ3n) is 2.64. The van der Waals surface area contributed by atoms with Crippen LogP contribution < -0.4 is 4.90 Å². The summed E-state index contributed by atoms with van der Waals surface area (Å²) in [5, 5.41) is 9.35. The minimum Gasteiger partial charge on any atom is -0.392 e. The summed E-state index contributed by atoms with van der Waals surface area (Å²) < 4.78 is 0. The van der Waals surface area contributed by atoms with Crippen LogP contribution in [0.5, 0.6) is 0 Å². The number of aliphatic hydroxyl groups excluding tert-OH is 1. The lowest BCUT2D eigenvalue weighted by Gasteiger charge is -2.30. The fourth-order valence-electron chi connectivity index (χ4n) is 1.96. The Bertz CT molecular complexity index is 374. The lowest BCUT2D eigenvalue weighted by molar-refractivity contribution is -0.119. The number of rotatable bonds is 2. The van der Waals surface area contributed by atoms with Crippen molar-refractivity contribution in [2.24, 2.45) is 0 Å². The molecular formula is C12H15NO2. The van der Waals surface area contributed by atoms with Gasteiger partial charge in [0.15, 0.2) is 0 Å². The van der Waals surface area contributed by atoms with E-state index < -0.39 is 6.10 Å². The number of hydrogen-bond donors (Lipinski definition) is 1. The summed E-state index contributed by atoms with van der Waals surface area (Å²) in [6, 6.07) is 7.88. The first-order valence-corrected chi connectivity index (χ1v) is 5.25. The Morgan fingerprint density at radius 1 is 1.40 bits per heavy atom. The van der Waals surface area contributed by atoms with Crippen molar-refractivity contribution in [3.8, 4) is 0 Å². The number of para-hydroxylation sites is 1. The van der Waals surface area contributed by atoms with Gasteiger partial charge in [0.05, 0.1) is 12.6 Å². The lowest BCUT2D eigenvalue weighted by Crippen LogP contribution is -2.39. The summed E-state index contributed by atoms with van der Waals surface area (Å²) in [6.45, 7) is 2.08. The SMILES string of the molecule is CC(O)CN1C(=O)CCc2ccccc21. The molecule has 0 spiro atoms. The third kappa shape index (κ3) is 2.02. The molecule has 0 saturated carbocycles. The van der Waals surface area contributed by atoms with Gasteiger partial charge in [-0.15, -0.1) is 0 Å². The van der Waals surface area contributed by atoms with E-state index in [0.717, 1.165) is 12.1 Å². The van der Waals surface area contributed by atoms with Crippen LogP contribution in [0.1, 0.15) is 18.9 Å². The minimum atomic E-state index is -0.486. The van der Waals surface area contributed by atoms with Crippen molar-refractivity contribution in [1.82, 2.24) is 0 Å². The summed E-state index contributed by atoms with van der Waals surface area (Å²) in [4.78, 5) is 13.4. The zero-order valence-corrected chi connectivity index (χ0v) is 8.81. The van der Waals surface area contributed by atoms with Crippen LogP contribution in [0.3, 0.4) is 0 Å². The average molecular weight is 205 g/mol. The first kappa shape index (κ1) is 10.2. The summed E-state index contributed by atoms with van der Waals surface area (Å²) in [5.41, 5.74) is 2.15. The van der Waals surface area contributed by atoms with E-state index in [1.165, 1.54) is 5.56 Å². The lowest BCUT2D eigenvalue weighted by atomic mass is 10.0. The van der Waals surface area contributed by atoms with Crippen molar-refractivity contribution in [3.63, 3.8) is 0 Å². The van der Waals surface area contributed by atoms with Crippen LogP contribution >= 0.6 is 0 Å². The second-order valence-corrected chi connectivity index (χ2v) is 3.98. The van der Waals surface area contributed by atoms with Crippen molar-refractivity contribution in [2.45, 2.75) is 25.9 Å². The zero-order valence-electron chi connectivity index (χ0n) is 8.81. The van der Waals surface area contributed by atoms with Crippen molar-refractivity contribution < 1.29 is 9.90 Å². The van der Waals surface area contributed by atoms with Crippen molar-refractivity contribution in [1.29, 1.82) is 0 Å². The number of aryl methyl sites for hydroxylation is 1. The Morgan fingerprint density at radius 2 is 2.13 bits per heavy atom. The van der Waals surface area contributed by atoms with Crippen molar-refractivity contribution in [3.05, 3.63) is 29.8 Å². The van der Waals surface area contributed by atoms with Gasteiger partial charge in [0.1, 0.15) is 0 Å². The number of anilines is 1. The van der Waals surface area contributed by atoms with Gasteiger partial charge in [-0.25, -0.2) is 0 Å². The molecule has 3 nitrogen and oxygen atoms in total. The average Bonchev–Trinajstić information content (AvgIpc) is 2.22. The van der Waals surface area contributed by atoms with E-state index in [4.69, 9.17) is 0 Å². The highest BCUT2D eigenvalue weighted by atomic mass is 16.3. The molecule has 80 valence electrons. The number of fused-ring (bicyclic) bond motifs is 1. The molecule has 1 heterocycles. The minimum absolute atomic E-state index is 0.106. The van der Waals surface area contributed by atoms with Gasteiger partial charge in [0, 0.05) is 12.1 Å². The zero-order chi connectivity index (χ0) is 10.8. The van der Waals surface area contributed by atoms with Gasteiger partial charge < -0.3 is 10.0 Å². The Morgan fingerprint density at radius 3 is 2.87 bits per heavy atom. The standard InChI is InChI=1S/C12H15NO2/c1-9(14)8-13-11-5-3-2-4-10(11)6-7-12(13)15/h2-5,9,14H,6-8H2,1H3. The van der Waals surface area contributed by atoms with E-state index >= 15 is 0 Å². The first-order chi connectivity index (χ1) is 7.18. The molecule has 1 N–H and O–H groups in total. The Hall–Kier alpha value is -1.35. The highest BCUT2D eigenvalue weighted by molar-refractivity contribution is 5.96. The molecule has 1 unspecified atom stereocenters. The maximum absolute atomic E-state index is 11.7. The largest absolute Gasteiger partial charge is 0.392 e. The summed E-state index contributed by atoms with van der Waals surface area (Å²) in [5.74, 6) is 0.106. The van der Waals surface area contributed by atoms with Crippen molar-refractivity contribution in [2.75, 3.05) is 11.4 Å². The third-order valence-corrected chi connectivity index (χ3v) is 2.64. The number of carbonyl (C=O) groups is 1. The van der Waals surface area contributed by atoms with Gasteiger partial charge >= 0.3 is 0 Å². The second kappa shape index (κ2) is 4.03. The monoisotopic (exact) mass is 205 g/mol. The van der Waals surface area contributed by atoms with Gasteiger partial charge in [-0.1, -0.05) is 18.2 Å². The molecule has 2 rings (SSSR count). The molecule has 0 aromatic heterocycles. The van der Waals surface area contributed by atoms with E-state index in [2.05, 4.69) is 0 Å². The molecule has 1 amide bonds. The molecule has 1 aromatic carbocycles. The number of benzene rings is 1. The van der Waals surface area contributed by atoms with Gasteiger partial charge in [0.2, 0.25) is 5.91 Å². The van der Waals surface area contributed by atoms with Crippen LogP contribution in [0.15, 0.2) is 24.3 Å². The van der Waals surface area contributed by atoms with E-state index in [1.54, 1.807) is 11.8 Å². The molecule has 1 atom stereocenters. The van der Waals surface area contributed by atoms with Crippen LogP contribution in [0.4, 0.5) is 5.69 Å². The van der Waals surface area contributed by atoms with Crippen LogP contribution in [0.2, 0.25) is 0 Å². The highest BCUT2D eigenvalue weighted by Crippen LogP contribution is 2.27. The number of nitrogens with zero attached hydrogens (tertiary/aromatic N) is 1.